The minimum absolute atomic E-state index is 0.120. The molecule has 3 N–H and O–H groups in total. The molecule has 0 saturated heterocycles. The predicted octanol–water partition coefficient (Wildman–Crippen LogP) is 1.45. The topological polar surface area (TPSA) is 104 Å². The van der Waals surface area contributed by atoms with E-state index < -0.39 is 11.8 Å². The molecule has 0 aliphatic heterocycles. The normalized spacial score (nSPS) is 9.91. The Morgan fingerprint density at radius 1 is 1.18 bits per heavy atom. The highest BCUT2D eigenvalue weighted by Crippen LogP contribution is 2.33. The van der Waals surface area contributed by atoms with Gasteiger partial charge in [0.15, 0.2) is 11.5 Å². The second-order valence-corrected chi connectivity index (χ2v) is 4.31. The first kappa shape index (κ1) is 15.3. The molecule has 2 aromatic rings. The van der Waals surface area contributed by atoms with Crippen molar-refractivity contribution in [3.63, 3.8) is 0 Å². The van der Waals surface area contributed by atoms with Crippen molar-refractivity contribution >= 4 is 17.5 Å². The maximum absolute atomic E-state index is 12.2. The van der Waals surface area contributed by atoms with Crippen LogP contribution in [-0.2, 0) is 0 Å². The number of carbonyl (C=O) groups is 2. The zero-order chi connectivity index (χ0) is 16.1. The maximum Gasteiger partial charge on any atom is 0.257 e. The predicted molar refractivity (Wildman–Crippen MR) is 80.3 cm³/mol. The zero-order valence-electron chi connectivity index (χ0n) is 12.1. The number of hydrogen-bond donors (Lipinski definition) is 2. The SMILES string of the molecule is COc1cc(NC(=O)c2cccnc2)c(C(N)=O)cc1OC. The van der Waals surface area contributed by atoms with Crippen LogP contribution >= 0.6 is 0 Å². The highest BCUT2D eigenvalue weighted by molar-refractivity contribution is 6.09. The van der Waals surface area contributed by atoms with Crippen LogP contribution in [0, 0.1) is 0 Å². The second kappa shape index (κ2) is 6.57. The molecule has 22 heavy (non-hydrogen) atoms. The number of ether oxygens (including phenoxy) is 2. The molecular weight excluding hydrogens is 286 g/mol. The minimum Gasteiger partial charge on any atom is -0.493 e. The number of primary amides is 1. The van der Waals surface area contributed by atoms with Crippen LogP contribution in [0.15, 0.2) is 36.7 Å². The van der Waals surface area contributed by atoms with E-state index in [9.17, 15) is 9.59 Å². The van der Waals surface area contributed by atoms with Gasteiger partial charge in [-0.05, 0) is 18.2 Å². The lowest BCUT2D eigenvalue weighted by Gasteiger charge is -2.14. The Bertz CT molecular complexity index is 701. The molecule has 0 unspecified atom stereocenters. The Kier molecular flexibility index (Phi) is 4.57. The first-order chi connectivity index (χ1) is 10.6. The molecular formula is C15H15N3O4. The molecule has 0 aliphatic rings. The average molecular weight is 301 g/mol. The molecule has 0 fully saturated rings. The number of nitrogens with one attached hydrogen (secondary N) is 1. The molecule has 114 valence electrons. The fourth-order valence-corrected chi connectivity index (χ4v) is 1.88. The molecule has 0 radical (unpaired) electrons. The number of amides is 2. The number of rotatable bonds is 5. The van der Waals surface area contributed by atoms with E-state index in [1.807, 2.05) is 0 Å². The number of nitrogens with two attached hydrogens (primary N) is 1. The summed E-state index contributed by atoms with van der Waals surface area (Å²) in [6.45, 7) is 0. The lowest BCUT2D eigenvalue weighted by molar-refractivity contribution is 0.100. The number of benzene rings is 1. The summed E-state index contributed by atoms with van der Waals surface area (Å²) in [6, 6.07) is 6.14. The Labute approximate surface area is 127 Å². The third-order valence-corrected chi connectivity index (χ3v) is 2.96. The first-order valence-electron chi connectivity index (χ1n) is 6.34. The van der Waals surface area contributed by atoms with Crippen LogP contribution in [-0.4, -0.2) is 31.0 Å². The average Bonchev–Trinajstić information content (AvgIpc) is 2.54. The zero-order valence-corrected chi connectivity index (χ0v) is 12.1. The highest BCUT2D eigenvalue weighted by Gasteiger charge is 2.17. The standard InChI is InChI=1S/C15H15N3O4/c1-21-12-6-10(14(16)19)11(7-13(12)22-2)18-15(20)9-4-3-5-17-8-9/h3-8H,1-2H3,(H2,16,19)(H,18,20). The van der Waals surface area contributed by atoms with Gasteiger partial charge in [-0.25, -0.2) is 0 Å². The summed E-state index contributed by atoms with van der Waals surface area (Å²) >= 11 is 0. The van der Waals surface area contributed by atoms with Crippen molar-refractivity contribution in [1.82, 2.24) is 4.98 Å². The second-order valence-electron chi connectivity index (χ2n) is 4.31. The van der Waals surface area contributed by atoms with Crippen molar-refractivity contribution in [3.05, 3.63) is 47.8 Å². The van der Waals surface area contributed by atoms with Crippen LogP contribution in [0.3, 0.4) is 0 Å². The van der Waals surface area contributed by atoms with Gasteiger partial charge in [0.05, 0.1) is 31.0 Å². The van der Waals surface area contributed by atoms with Crippen molar-refractivity contribution in [3.8, 4) is 11.5 Å². The summed E-state index contributed by atoms with van der Waals surface area (Å²) in [7, 11) is 2.89. The maximum atomic E-state index is 12.2. The third-order valence-electron chi connectivity index (χ3n) is 2.96. The molecule has 1 aromatic heterocycles. The van der Waals surface area contributed by atoms with E-state index in [-0.39, 0.29) is 11.3 Å². The summed E-state index contributed by atoms with van der Waals surface area (Å²) in [5, 5.41) is 2.62. The Hall–Kier alpha value is -3.09. The van der Waals surface area contributed by atoms with Gasteiger partial charge >= 0.3 is 0 Å². The Morgan fingerprint density at radius 3 is 2.41 bits per heavy atom. The van der Waals surface area contributed by atoms with Crippen LogP contribution < -0.4 is 20.5 Å². The van der Waals surface area contributed by atoms with Crippen molar-refractivity contribution < 1.29 is 19.1 Å². The van der Waals surface area contributed by atoms with E-state index in [1.54, 1.807) is 18.3 Å². The molecule has 0 atom stereocenters. The first-order valence-corrected chi connectivity index (χ1v) is 6.34. The third kappa shape index (κ3) is 3.14. The van der Waals surface area contributed by atoms with Crippen molar-refractivity contribution in [2.24, 2.45) is 5.73 Å². The molecule has 0 aliphatic carbocycles. The Balaban J connectivity index is 2.41. The van der Waals surface area contributed by atoms with Gasteiger partial charge in [-0.1, -0.05) is 0 Å². The number of pyridine rings is 1. The van der Waals surface area contributed by atoms with E-state index >= 15 is 0 Å². The number of anilines is 1. The molecule has 1 heterocycles. The van der Waals surface area contributed by atoms with E-state index in [1.165, 1.54) is 32.5 Å². The molecule has 7 heteroatoms. The van der Waals surface area contributed by atoms with Crippen molar-refractivity contribution in [1.29, 1.82) is 0 Å². The van der Waals surface area contributed by atoms with Gasteiger partial charge in [-0.3, -0.25) is 14.6 Å². The summed E-state index contributed by atoms with van der Waals surface area (Å²) in [4.78, 5) is 27.6. The summed E-state index contributed by atoms with van der Waals surface area (Å²) in [5.74, 6) is -0.394. The summed E-state index contributed by atoms with van der Waals surface area (Å²) in [5.41, 5.74) is 6.05. The van der Waals surface area contributed by atoms with Gasteiger partial charge in [-0.2, -0.15) is 0 Å². The van der Waals surface area contributed by atoms with Crippen LogP contribution in [0.4, 0.5) is 5.69 Å². The largest absolute Gasteiger partial charge is 0.493 e. The van der Waals surface area contributed by atoms with Gasteiger partial charge in [0.1, 0.15) is 0 Å². The van der Waals surface area contributed by atoms with Crippen molar-refractivity contribution in [2.75, 3.05) is 19.5 Å². The molecule has 7 nitrogen and oxygen atoms in total. The van der Waals surface area contributed by atoms with Crippen LogP contribution in [0.5, 0.6) is 11.5 Å². The minimum atomic E-state index is -0.692. The molecule has 2 amide bonds. The smallest absolute Gasteiger partial charge is 0.257 e. The van der Waals surface area contributed by atoms with Crippen LogP contribution in [0.2, 0.25) is 0 Å². The Morgan fingerprint density at radius 2 is 1.86 bits per heavy atom. The van der Waals surface area contributed by atoms with Gasteiger partial charge in [0, 0.05) is 18.5 Å². The van der Waals surface area contributed by atoms with E-state index in [0.29, 0.717) is 17.1 Å². The number of carbonyl (C=O) groups excluding carboxylic acids is 2. The number of nitrogens with zero attached hydrogens (tertiary/aromatic N) is 1. The molecule has 0 saturated carbocycles. The summed E-state index contributed by atoms with van der Waals surface area (Å²) in [6.07, 6.45) is 2.97. The van der Waals surface area contributed by atoms with E-state index in [2.05, 4.69) is 10.3 Å². The van der Waals surface area contributed by atoms with Gasteiger partial charge in [0.25, 0.3) is 11.8 Å². The summed E-state index contributed by atoms with van der Waals surface area (Å²) < 4.78 is 10.3. The van der Waals surface area contributed by atoms with E-state index in [4.69, 9.17) is 15.2 Å². The van der Waals surface area contributed by atoms with Crippen molar-refractivity contribution in [2.45, 2.75) is 0 Å². The lowest BCUT2D eigenvalue weighted by atomic mass is 10.1. The molecule has 0 bridgehead atoms. The number of aromatic nitrogens is 1. The van der Waals surface area contributed by atoms with E-state index in [0.717, 1.165) is 0 Å². The quantitative estimate of drug-likeness (QED) is 0.870. The fraction of sp³-hybridized carbons (Fsp3) is 0.133. The van der Waals surface area contributed by atoms with Gasteiger partial charge in [-0.15, -0.1) is 0 Å². The lowest BCUT2D eigenvalue weighted by Crippen LogP contribution is -2.18. The number of hydrogen-bond acceptors (Lipinski definition) is 5. The molecule has 0 spiro atoms. The van der Waals surface area contributed by atoms with Crippen LogP contribution in [0.1, 0.15) is 20.7 Å². The van der Waals surface area contributed by atoms with Crippen LogP contribution in [0.25, 0.3) is 0 Å². The highest BCUT2D eigenvalue weighted by atomic mass is 16.5. The molecule has 2 rings (SSSR count). The number of methoxy groups -OCH3 is 2. The monoisotopic (exact) mass is 301 g/mol. The van der Waals surface area contributed by atoms with Gasteiger partial charge in [0.2, 0.25) is 0 Å². The van der Waals surface area contributed by atoms with Gasteiger partial charge < -0.3 is 20.5 Å². The molecule has 1 aromatic carbocycles. The fourth-order valence-electron chi connectivity index (χ4n) is 1.88.